The van der Waals surface area contributed by atoms with Crippen molar-refractivity contribution in [2.24, 2.45) is 0 Å². The molecule has 0 bridgehead atoms. The fourth-order valence-corrected chi connectivity index (χ4v) is 1.42. The highest BCUT2D eigenvalue weighted by Gasteiger charge is 2.15. The molecule has 5 nitrogen and oxygen atoms in total. The van der Waals surface area contributed by atoms with Crippen molar-refractivity contribution in [3.05, 3.63) is 23.5 Å². The molecule has 6 heteroatoms. The van der Waals surface area contributed by atoms with Crippen molar-refractivity contribution in [2.45, 2.75) is 13.3 Å². The van der Waals surface area contributed by atoms with E-state index in [1.807, 2.05) is 6.92 Å². The van der Waals surface area contributed by atoms with Gasteiger partial charge in [0.1, 0.15) is 6.61 Å². The zero-order chi connectivity index (χ0) is 14.3. The molecule has 0 atom stereocenters. The predicted octanol–water partition coefficient (Wildman–Crippen LogP) is 2.00. The van der Waals surface area contributed by atoms with Crippen molar-refractivity contribution >= 4 is 11.7 Å². The summed E-state index contributed by atoms with van der Waals surface area (Å²) in [5, 5.41) is 0. The summed E-state index contributed by atoms with van der Waals surface area (Å²) in [5.41, 5.74) is 5.63. The minimum atomic E-state index is -0.635. The molecule has 0 fully saturated rings. The van der Waals surface area contributed by atoms with Crippen molar-refractivity contribution < 1.29 is 23.4 Å². The van der Waals surface area contributed by atoms with Gasteiger partial charge < -0.3 is 19.9 Å². The molecule has 0 amide bonds. The van der Waals surface area contributed by atoms with Crippen LogP contribution in [0.4, 0.5) is 10.1 Å². The van der Waals surface area contributed by atoms with Crippen LogP contribution < -0.4 is 10.5 Å². The Bertz CT molecular complexity index is 437. The Morgan fingerprint density at radius 2 is 2.05 bits per heavy atom. The maximum absolute atomic E-state index is 13.6. The lowest BCUT2D eigenvalue weighted by atomic mass is 10.1. The molecule has 1 aromatic carbocycles. The molecular weight excluding hydrogens is 253 g/mol. The summed E-state index contributed by atoms with van der Waals surface area (Å²) in [6.07, 6.45) is 0.905. The highest BCUT2D eigenvalue weighted by atomic mass is 19.1. The van der Waals surface area contributed by atoms with Crippen LogP contribution in [-0.4, -0.2) is 32.9 Å². The van der Waals surface area contributed by atoms with Gasteiger partial charge >= 0.3 is 5.97 Å². The van der Waals surface area contributed by atoms with Crippen LogP contribution in [0.25, 0.3) is 0 Å². The number of methoxy groups -OCH3 is 1. The second-order valence-electron chi connectivity index (χ2n) is 3.82. The minimum Gasteiger partial charge on any atom is -0.488 e. The van der Waals surface area contributed by atoms with Crippen LogP contribution in [0.1, 0.15) is 23.7 Å². The monoisotopic (exact) mass is 271 g/mol. The Morgan fingerprint density at radius 3 is 2.68 bits per heavy atom. The summed E-state index contributed by atoms with van der Waals surface area (Å²) in [6.45, 7) is 3.16. The van der Waals surface area contributed by atoms with E-state index in [1.165, 1.54) is 13.2 Å². The van der Waals surface area contributed by atoms with Crippen molar-refractivity contribution in [2.75, 3.05) is 32.7 Å². The molecule has 19 heavy (non-hydrogen) atoms. The Labute approximate surface area is 111 Å². The third-order valence-electron chi connectivity index (χ3n) is 2.34. The number of nitrogen functional groups attached to an aromatic ring is 1. The maximum atomic E-state index is 13.6. The van der Waals surface area contributed by atoms with Crippen molar-refractivity contribution in [1.82, 2.24) is 0 Å². The number of anilines is 1. The number of carbonyl (C=O) groups excluding carboxylic acids is 1. The molecule has 0 aliphatic rings. The topological polar surface area (TPSA) is 70.8 Å². The number of hydrogen-bond donors (Lipinski definition) is 1. The number of benzene rings is 1. The number of rotatable bonds is 7. The smallest absolute Gasteiger partial charge is 0.340 e. The fourth-order valence-electron chi connectivity index (χ4n) is 1.42. The molecule has 0 radical (unpaired) electrons. The van der Waals surface area contributed by atoms with Crippen LogP contribution in [-0.2, 0) is 9.47 Å². The van der Waals surface area contributed by atoms with E-state index in [1.54, 1.807) is 0 Å². The van der Waals surface area contributed by atoms with Crippen LogP contribution in [0.15, 0.2) is 12.1 Å². The van der Waals surface area contributed by atoms with E-state index in [4.69, 9.17) is 15.2 Å². The number of nitrogens with two attached hydrogens (primary N) is 1. The van der Waals surface area contributed by atoms with Crippen molar-refractivity contribution in [3.63, 3.8) is 0 Å². The lowest BCUT2D eigenvalue weighted by molar-refractivity contribution is 0.0601. The van der Waals surface area contributed by atoms with E-state index in [9.17, 15) is 9.18 Å². The molecule has 0 saturated heterocycles. The molecule has 0 unspecified atom stereocenters. The molecule has 106 valence electrons. The standard InChI is InChI=1S/C13H18FNO4/c1-3-4-18-5-6-19-12-7-9(13(16)17-2)11(15)8-10(12)14/h7-8H,3-6,15H2,1-2H3. The van der Waals surface area contributed by atoms with Crippen LogP contribution in [0, 0.1) is 5.82 Å². The number of ether oxygens (including phenoxy) is 3. The minimum absolute atomic E-state index is 0.0129. The maximum Gasteiger partial charge on any atom is 0.340 e. The predicted molar refractivity (Wildman–Crippen MR) is 68.8 cm³/mol. The summed E-state index contributed by atoms with van der Waals surface area (Å²) in [4.78, 5) is 11.4. The summed E-state index contributed by atoms with van der Waals surface area (Å²) >= 11 is 0. The Hall–Kier alpha value is -1.82. The van der Waals surface area contributed by atoms with Crippen molar-refractivity contribution in [3.8, 4) is 5.75 Å². The van der Waals surface area contributed by atoms with Crippen LogP contribution in [0.2, 0.25) is 0 Å². The van der Waals surface area contributed by atoms with Gasteiger partial charge in [-0.05, 0) is 12.5 Å². The fraction of sp³-hybridized carbons (Fsp3) is 0.462. The third kappa shape index (κ3) is 4.40. The Kier molecular flexibility index (Phi) is 6.08. The number of carbonyl (C=O) groups is 1. The normalized spacial score (nSPS) is 10.3. The van der Waals surface area contributed by atoms with Crippen LogP contribution >= 0.6 is 0 Å². The molecule has 1 rings (SSSR count). The van der Waals surface area contributed by atoms with E-state index in [2.05, 4.69) is 4.74 Å². The van der Waals surface area contributed by atoms with Gasteiger partial charge in [-0.25, -0.2) is 9.18 Å². The van der Waals surface area contributed by atoms with Gasteiger partial charge in [0.25, 0.3) is 0 Å². The van der Waals surface area contributed by atoms with Gasteiger partial charge in [-0.2, -0.15) is 0 Å². The summed E-state index contributed by atoms with van der Waals surface area (Å²) in [7, 11) is 1.23. The zero-order valence-electron chi connectivity index (χ0n) is 11.1. The van der Waals surface area contributed by atoms with E-state index in [0.29, 0.717) is 13.2 Å². The molecule has 0 saturated carbocycles. The highest BCUT2D eigenvalue weighted by Crippen LogP contribution is 2.24. The summed E-state index contributed by atoms with van der Waals surface area (Å²) in [5.74, 6) is -1.31. The second-order valence-corrected chi connectivity index (χ2v) is 3.82. The molecule has 2 N–H and O–H groups in total. The molecule has 0 aliphatic heterocycles. The van der Waals surface area contributed by atoms with Gasteiger partial charge in [-0.15, -0.1) is 0 Å². The van der Waals surface area contributed by atoms with E-state index >= 15 is 0 Å². The Balaban J connectivity index is 2.69. The zero-order valence-corrected chi connectivity index (χ0v) is 11.1. The molecule has 0 heterocycles. The van der Waals surface area contributed by atoms with Gasteiger partial charge in [0.2, 0.25) is 0 Å². The molecular formula is C13H18FNO4. The van der Waals surface area contributed by atoms with Crippen LogP contribution in [0.5, 0.6) is 5.75 Å². The number of esters is 1. The molecule has 1 aromatic rings. The van der Waals surface area contributed by atoms with Gasteiger partial charge in [-0.3, -0.25) is 0 Å². The average Bonchev–Trinajstić information content (AvgIpc) is 2.39. The first kappa shape index (κ1) is 15.2. The molecule has 0 aliphatic carbocycles. The van der Waals surface area contributed by atoms with Gasteiger partial charge in [0, 0.05) is 18.4 Å². The van der Waals surface area contributed by atoms with Crippen molar-refractivity contribution in [1.29, 1.82) is 0 Å². The van der Waals surface area contributed by atoms with E-state index < -0.39 is 11.8 Å². The van der Waals surface area contributed by atoms with E-state index in [-0.39, 0.29) is 23.6 Å². The van der Waals surface area contributed by atoms with Gasteiger partial charge in [0.05, 0.1) is 19.3 Å². The average molecular weight is 271 g/mol. The Morgan fingerprint density at radius 1 is 1.32 bits per heavy atom. The van der Waals surface area contributed by atoms with E-state index in [0.717, 1.165) is 12.5 Å². The highest BCUT2D eigenvalue weighted by molar-refractivity contribution is 5.95. The molecule has 0 spiro atoms. The summed E-state index contributed by atoms with van der Waals surface area (Å²) in [6, 6.07) is 2.27. The van der Waals surface area contributed by atoms with Crippen LogP contribution in [0.3, 0.4) is 0 Å². The molecule has 0 aromatic heterocycles. The summed E-state index contributed by atoms with van der Waals surface area (Å²) < 4.78 is 28.5. The largest absolute Gasteiger partial charge is 0.488 e. The number of halogens is 1. The van der Waals surface area contributed by atoms with Gasteiger partial charge in [0.15, 0.2) is 11.6 Å². The first-order valence-corrected chi connectivity index (χ1v) is 5.98. The SMILES string of the molecule is CCCOCCOc1cc(C(=O)OC)c(N)cc1F. The first-order valence-electron chi connectivity index (χ1n) is 5.98. The third-order valence-corrected chi connectivity index (χ3v) is 2.34. The quantitative estimate of drug-likeness (QED) is 0.466. The second kappa shape index (κ2) is 7.58. The van der Waals surface area contributed by atoms with Gasteiger partial charge in [-0.1, -0.05) is 6.92 Å². The lowest BCUT2D eigenvalue weighted by Gasteiger charge is -2.10. The lowest BCUT2D eigenvalue weighted by Crippen LogP contribution is -2.10. The number of hydrogen-bond acceptors (Lipinski definition) is 5. The first-order chi connectivity index (χ1) is 9.10.